The predicted octanol–water partition coefficient (Wildman–Crippen LogP) is 2.92. The average molecular weight is 463 g/mol. The molecule has 8 heteroatoms. The van der Waals surface area contributed by atoms with Gasteiger partial charge in [0.15, 0.2) is 23.7 Å². The second-order valence-electron chi connectivity index (χ2n) is 10.1. The van der Waals surface area contributed by atoms with Gasteiger partial charge in [-0.25, -0.2) is 4.39 Å². The maximum Gasteiger partial charge on any atom is 0.303 e. The molecule has 0 N–H and O–H groups in total. The Morgan fingerprint density at radius 1 is 1.09 bits per heavy atom. The fraction of sp³-hybridized carbons (Fsp3) is 0.720. The molecule has 0 radical (unpaired) electrons. The maximum absolute atomic E-state index is 16.9. The molecule has 0 saturated heterocycles. The van der Waals surface area contributed by atoms with E-state index in [0.29, 0.717) is 6.42 Å². The molecule has 0 heterocycles. The van der Waals surface area contributed by atoms with Gasteiger partial charge in [-0.2, -0.15) is 0 Å². The van der Waals surface area contributed by atoms with Crippen LogP contribution in [0.25, 0.3) is 0 Å². The molecule has 3 saturated carbocycles. The highest BCUT2D eigenvalue weighted by Crippen LogP contribution is 2.68. The SMILES string of the molecule is C#CCC[C@@]1(C)C(=O)CC[C@H]2[C@@H]3CC[C@](OC(C)=O)(C(=O)COC(C)=O)[C@@]3(C)CC(=O)C21F. The number of Topliss-reactive ketones (excluding diaryl/α,β-unsaturated/α-hetero) is 3. The fourth-order valence-electron chi connectivity index (χ4n) is 6.87. The van der Waals surface area contributed by atoms with E-state index in [9.17, 15) is 24.0 Å². The summed E-state index contributed by atoms with van der Waals surface area (Å²) in [5.74, 6) is -1.95. The summed E-state index contributed by atoms with van der Waals surface area (Å²) in [5.41, 5.74) is -6.86. The number of carbonyl (C=O) groups is 5. The zero-order valence-corrected chi connectivity index (χ0v) is 19.6. The number of carbonyl (C=O) groups excluding carboxylic acids is 5. The first-order chi connectivity index (χ1) is 15.3. The van der Waals surface area contributed by atoms with E-state index in [4.69, 9.17) is 15.9 Å². The van der Waals surface area contributed by atoms with Crippen LogP contribution in [0.1, 0.15) is 72.6 Å². The van der Waals surface area contributed by atoms with Crippen molar-refractivity contribution in [1.82, 2.24) is 0 Å². The Kier molecular flexibility index (Phi) is 6.33. The summed E-state index contributed by atoms with van der Waals surface area (Å²) in [6.45, 7) is 4.87. The van der Waals surface area contributed by atoms with Crippen molar-refractivity contribution in [1.29, 1.82) is 0 Å². The quantitative estimate of drug-likeness (QED) is 0.442. The smallest absolute Gasteiger partial charge is 0.303 e. The predicted molar refractivity (Wildman–Crippen MR) is 114 cm³/mol. The highest BCUT2D eigenvalue weighted by Gasteiger charge is 2.76. The molecule has 0 bridgehead atoms. The van der Waals surface area contributed by atoms with Crippen LogP contribution in [0.3, 0.4) is 0 Å². The second-order valence-corrected chi connectivity index (χ2v) is 10.1. The van der Waals surface area contributed by atoms with Crippen LogP contribution >= 0.6 is 0 Å². The van der Waals surface area contributed by atoms with Gasteiger partial charge in [-0.05, 0) is 38.5 Å². The molecule has 3 aliphatic rings. The molecular formula is C25H31FO7. The molecule has 3 aliphatic carbocycles. The molecule has 0 spiro atoms. The van der Waals surface area contributed by atoms with Gasteiger partial charge in [0, 0.05) is 44.4 Å². The third-order valence-electron chi connectivity index (χ3n) is 8.52. The van der Waals surface area contributed by atoms with Crippen molar-refractivity contribution in [2.45, 2.75) is 83.9 Å². The van der Waals surface area contributed by atoms with Gasteiger partial charge in [0.25, 0.3) is 0 Å². The van der Waals surface area contributed by atoms with Crippen molar-refractivity contribution in [3.63, 3.8) is 0 Å². The molecular weight excluding hydrogens is 431 g/mol. The number of terminal acetylenes is 1. The molecule has 33 heavy (non-hydrogen) atoms. The van der Waals surface area contributed by atoms with E-state index in [-0.39, 0.29) is 44.3 Å². The van der Waals surface area contributed by atoms with Gasteiger partial charge in [0.05, 0.1) is 5.41 Å². The third-order valence-corrected chi connectivity index (χ3v) is 8.52. The molecule has 180 valence electrons. The van der Waals surface area contributed by atoms with Crippen molar-refractivity contribution in [3.8, 4) is 12.3 Å². The number of fused-ring (bicyclic) bond motifs is 3. The van der Waals surface area contributed by atoms with Crippen LogP contribution in [-0.2, 0) is 33.4 Å². The van der Waals surface area contributed by atoms with E-state index in [0.717, 1.165) is 13.8 Å². The molecule has 0 aromatic rings. The second kappa shape index (κ2) is 8.34. The molecule has 0 aromatic carbocycles. The Bertz CT molecular complexity index is 951. The topological polar surface area (TPSA) is 104 Å². The molecule has 6 atom stereocenters. The van der Waals surface area contributed by atoms with Crippen LogP contribution in [0, 0.1) is 35.0 Å². The van der Waals surface area contributed by atoms with E-state index in [1.807, 2.05) is 0 Å². The summed E-state index contributed by atoms with van der Waals surface area (Å²) >= 11 is 0. The average Bonchev–Trinajstić information content (AvgIpc) is 3.01. The molecule has 3 fully saturated rings. The highest BCUT2D eigenvalue weighted by molar-refractivity contribution is 6.01. The summed E-state index contributed by atoms with van der Waals surface area (Å²) < 4.78 is 27.4. The molecule has 0 aromatic heterocycles. The number of hydrogen-bond donors (Lipinski definition) is 0. The summed E-state index contributed by atoms with van der Waals surface area (Å²) in [6, 6.07) is 0. The number of ether oxygens (including phenoxy) is 2. The molecule has 0 aliphatic heterocycles. The van der Waals surface area contributed by atoms with Crippen LogP contribution in [0.4, 0.5) is 4.39 Å². The zero-order chi connectivity index (χ0) is 24.8. The Labute approximate surface area is 193 Å². The molecule has 0 amide bonds. The Balaban J connectivity index is 2.09. The zero-order valence-electron chi connectivity index (χ0n) is 19.6. The normalized spacial score (nSPS) is 39.8. The minimum absolute atomic E-state index is 0.0605. The van der Waals surface area contributed by atoms with Crippen LogP contribution in [0.5, 0.6) is 0 Å². The first-order valence-corrected chi connectivity index (χ1v) is 11.4. The number of hydrogen-bond acceptors (Lipinski definition) is 7. The maximum atomic E-state index is 16.9. The van der Waals surface area contributed by atoms with Gasteiger partial charge in [-0.15, -0.1) is 12.3 Å². The third kappa shape index (κ3) is 3.43. The summed E-state index contributed by atoms with van der Waals surface area (Å²) in [7, 11) is 0. The molecule has 3 rings (SSSR count). The van der Waals surface area contributed by atoms with E-state index < -0.39 is 64.0 Å². The summed E-state index contributed by atoms with van der Waals surface area (Å²) in [4.78, 5) is 63.1. The van der Waals surface area contributed by atoms with Gasteiger partial charge in [0.1, 0.15) is 5.78 Å². The van der Waals surface area contributed by atoms with Crippen LogP contribution in [0.2, 0.25) is 0 Å². The Morgan fingerprint density at radius 2 is 1.76 bits per heavy atom. The summed E-state index contributed by atoms with van der Waals surface area (Å²) in [6.07, 6.45) is 5.92. The lowest BCUT2D eigenvalue weighted by Crippen LogP contribution is -2.69. The minimum atomic E-state index is -2.41. The largest absolute Gasteiger partial charge is 0.458 e. The van der Waals surface area contributed by atoms with Crippen molar-refractivity contribution in [3.05, 3.63) is 0 Å². The van der Waals surface area contributed by atoms with E-state index >= 15 is 4.39 Å². The fourth-order valence-corrected chi connectivity index (χ4v) is 6.87. The monoisotopic (exact) mass is 462 g/mol. The minimum Gasteiger partial charge on any atom is -0.458 e. The van der Waals surface area contributed by atoms with Crippen LogP contribution in [0.15, 0.2) is 0 Å². The lowest BCUT2D eigenvalue weighted by atomic mass is 9.45. The van der Waals surface area contributed by atoms with Crippen molar-refractivity contribution in [2.24, 2.45) is 22.7 Å². The number of halogens is 1. The lowest BCUT2D eigenvalue weighted by molar-refractivity contribution is -0.204. The number of ketones is 3. The van der Waals surface area contributed by atoms with Gasteiger partial charge in [-0.1, -0.05) is 6.92 Å². The first-order valence-electron chi connectivity index (χ1n) is 11.4. The van der Waals surface area contributed by atoms with E-state index in [1.54, 1.807) is 6.92 Å². The van der Waals surface area contributed by atoms with E-state index in [1.165, 1.54) is 6.92 Å². The highest BCUT2D eigenvalue weighted by atomic mass is 19.1. The van der Waals surface area contributed by atoms with Gasteiger partial charge >= 0.3 is 11.9 Å². The van der Waals surface area contributed by atoms with Gasteiger partial charge in [-0.3, -0.25) is 24.0 Å². The molecule has 7 nitrogen and oxygen atoms in total. The van der Waals surface area contributed by atoms with Gasteiger partial charge < -0.3 is 9.47 Å². The van der Waals surface area contributed by atoms with Crippen molar-refractivity contribution >= 4 is 29.3 Å². The first kappa shape index (κ1) is 25.1. The number of rotatable bonds is 6. The van der Waals surface area contributed by atoms with E-state index in [2.05, 4.69) is 5.92 Å². The lowest BCUT2D eigenvalue weighted by Gasteiger charge is -2.58. The van der Waals surface area contributed by atoms with Gasteiger partial charge in [0.2, 0.25) is 5.78 Å². The van der Waals surface area contributed by atoms with Crippen LogP contribution < -0.4 is 0 Å². The Hall–Kier alpha value is -2.56. The number of alkyl halides is 1. The standard InChI is InChI=1S/C25H31FO7/c1-6-7-11-22(4)19(29)9-8-18-17-10-12-24(33-16(3)28,21(31)14-32-15(2)27)23(17,5)13-20(30)25(18,22)26/h1,17-18H,7-14H2,2-5H3/t17-,18-,22-,23-,24-,25?/m0/s1. The molecule has 1 unspecified atom stereocenters. The van der Waals surface area contributed by atoms with Crippen LogP contribution in [-0.4, -0.2) is 47.2 Å². The van der Waals surface area contributed by atoms with Crippen molar-refractivity contribution < 1.29 is 37.8 Å². The summed E-state index contributed by atoms with van der Waals surface area (Å²) in [5, 5.41) is 0. The Morgan fingerprint density at radius 3 is 2.33 bits per heavy atom. The van der Waals surface area contributed by atoms with Crippen molar-refractivity contribution in [2.75, 3.05) is 6.61 Å². The number of esters is 2.